The van der Waals surface area contributed by atoms with E-state index in [1.54, 1.807) is 5.57 Å². The molecule has 1 aliphatic heterocycles. The summed E-state index contributed by atoms with van der Waals surface area (Å²) < 4.78 is 0. The van der Waals surface area contributed by atoms with Crippen LogP contribution in [-0.2, 0) is 0 Å². The first-order valence-corrected chi connectivity index (χ1v) is 5.02. The summed E-state index contributed by atoms with van der Waals surface area (Å²) in [6.45, 7) is 14.1. The number of rotatable bonds is 1. The Balaban J connectivity index is 0.000000561. The van der Waals surface area contributed by atoms with Gasteiger partial charge in [0.1, 0.15) is 0 Å². The number of nitrogens with one attached hydrogen (secondary N) is 1. The van der Waals surface area contributed by atoms with Crippen LogP contribution in [0.15, 0.2) is 11.1 Å². The van der Waals surface area contributed by atoms with Gasteiger partial charge in [-0.15, -0.1) is 0 Å². The summed E-state index contributed by atoms with van der Waals surface area (Å²) in [5.41, 5.74) is 3.08. The fourth-order valence-electron chi connectivity index (χ4n) is 1.56. The molecule has 0 amide bonds. The molecule has 0 radical (unpaired) electrons. The van der Waals surface area contributed by atoms with Crippen LogP contribution in [0.4, 0.5) is 0 Å². The standard InChI is InChI=1S/C9H17N.C2H6/c1-6(2)9-8(4)7(3)5-10-9;1-2/h6,9-10H,5H2,1-4H3;1-2H3. The maximum absolute atomic E-state index is 3.48. The molecule has 1 heterocycles. The lowest BCUT2D eigenvalue weighted by atomic mass is 9.98. The van der Waals surface area contributed by atoms with Gasteiger partial charge in [0.2, 0.25) is 0 Å². The largest absolute Gasteiger partial charge is 0.306 e. The van der Waals surface area contributed by atoms with Crippen molar-refractivity contribution in [3.8, 4) is 0 Å². The third kappa shape index (κ3) is 2.63. The molecule has 0 aromatic rings. The minimum Gasteiger partial charge on any atom is -0.306 e. The molecule has 72 valence electrons. The van der Waals surface area contributed by atoms with Crippen LogP contribution in [0.1, 0.15) is 41.5 Å². The molecule has 0 saturated carbocycles. The summed E-state index contributed by atoms with van der Waals surface area (Å²) >= 11 is 0. The maximum Gasteiger partial charge on any atom is 0.0305 e. The summed E-state index contributed by atoms with van der Waals surface area (Å²) in [6.07, 6.45) is 0. The van der Waals surface area contributed by atoms with Crippen LogP contribution < -0.4 is 5.32 Å². The Morgan fingerprint density at radius 1 is 1.25 bits per heavy atom. The normalized spacial score (nSPS) is 22.8. The summed E-state index contributed by atoms with van der Waals surface area (Å²) in [5.74, 6) is 0.734. The van der Waals surface area contributed by atoms with Crippen molar-refractivity contribution in [1.82, 2.24) is 5.32 Å². The summed E-state index contributed by atoms with van der Waals surface area (Å²) in [6, 6.07) is 0.639. The van der Waals surface area contributed by atoms with Crippen molar-refractivity contribution >= 4 is 0 Å². The van der Waals surface area contributed by atoms with Crippen molar-refractivity contribution in [1.29, 1.82) is 0 Å². The average molecular weight is 169 g/mol. The summed E-state index contributed by atoms with van der Waals surface area (Å²) in [7, 11) is 0. The Morgan fingerprint density at radius 2 is 1.75 bits per heavy atom. The Hall–Kier alpha value is -0.300. The van der Waals surface area contributed by atoms with Crippen molar-refractivity contribution < 1.29 is 0 Å². The zero-order valence-corrected chi connectivity index (χ0v) is 9.36. The predicted molar refractivity (Wildman–Crippen MR) is 56.4 cm³/mol. The van der Waals surface area contributed by atoms with E-state index in [2.05, 4.69) is 33.0 Å². The smallest absolute Gasteiger partial charge is 0.0305 e. The predicted octanol–water partition coefficient (Wildman–Crippen LogP) is 2.98. The lowest BCUT2D eigenvalue weighted by Gasteiger charge is -2.16. The molecule has 1 atom stereocenters. The van der Waals surface area contributed by atoms with Gasteiger partial charge in [-0.2, -0.15) is 0 Å². The molecule has 1 aliphatic rings. The van der Waals surface area contributed by atoms with Crippen molar-refractivity contribution in [2.75, 3.05) is 6.54 Å². The molecule has 0 spiro atoms. The van der Waals surface area contributed by atoms with E-state index >= 15 is 0 Å². The highest BCUT2D eigenvalue weighted by molar-refractivity contribution is 5.23. The van der Waals surface area contributed by atoms with E-state index in [4.69, 9.17) is 0 Å². The van der Waals surface area contributed by atoms with E-state index in [1.807, 2.05) is 13.8 Å². The molecule has 0 aromatic heterocycles. The first-order chi connectivity index (χ1) is 5.63. The van der Waals surface area contributed by atoms with Gasteiger partial charge in [-0.05, 0) is 19.8 Å². The zero-order chi connectivity index (χ0) is 9.72. The first-order valence-electron chi connectivity index (χ1n) is 5.02. The lowest BCUT2D eigenvalue weighted by molar-refractivity contribution is 0.486. The van der Waals surface area contributed by atoms with E-state index in [9.17, 15) is 0 Å². The zero-order valence-electron chi connectivity index (χ0n) is 9.36. The second-order valence-corrected chi connectivity index (χ2v) is 3.57. The summed E-state index contributed by atoms with van der Waals surface area (Å²) in [4.78, 5) is 0. The maximum atomic E-state index is 3.48. The van der Waals surface area contributed by atoms with Gasteiger partial charge in [0.05, 0.1) is 0 Å². The van der Waals surface area contributed by atoms with Crippen LogP contribution in [0.2, 0.25) is 0 Å². The Kier molecular flexibility index (Phi) is 5.23. The second-order valence-electron chi connectivity index (χ2n) is 3.57. The third-order valence-corrected chi connectivity index (χ3v) is 2.39. The van der Waals surface area contributed by atoms with E-state index in [0.717, 1.165) is 12.5 Å². The molecule has 0 fully saturated rings. The SMILES string of the molecule is CC.CC1=C(C)C(C(C)C)NC1. The van der Waals surface area contributed by atoms with E-state index in [-0.39, 0.29) is 0 Å². The molecule has 1 N–H and O–H groups in total. The van der Waals surface area contributed by atoms with E-state index in [0.29, 0.717) is 6.04 Å². The molecule has 12 heavy (non-hydrogen) atoms. The Morgan fingerprint density at radius 3 is 1.92 bits per heavy atom. The number of hydrogen-bond acceptors (Lipinski definition) is 1. The lowest BCUT2D eigenvalue weighted by Crippen LogP contribution is -2.29. The monoisotopic (exact) mass is 169 g/mol. The van der Waals surface area contributed by atoms with E-state index in [1.165, 1.54) is 5.57 Å². The molecule has 0 aliphatic carbocycles. The molecule has 1 rings (SSSR count). The van der Waals surface area contributed by atoms with Crippen LogP contribution in [0, 0.1) is 5.92 Å². The van der Waals surface area contributed by atoms with Crippen LogP contribution in [-0.4, -0.2) is 12.6 Å². The van der Waals surface area contributed by atoms with Gasteiger partial charge < -0.3 is 5.32 Å². The molecule has 0 aromatic carbocycles. The minimum absolute atomic E-state index is 0.639. The molecular formula is C11H23N. The molecule has 1 unspecified atom stereocenters. The third-order valence-electron chi connectivity index (χ3n) is 2.39. The van der Waals surface area contributed by atoms with Crippen LogP contribution >= 0.6 is 0 Å². The quantitative estimate of drug-likeness (QED) is 0.595. The van der Waals surface area contributed by atoms with Crippen LogP contribution in [0.5, 0.6) is 0 Å². The average Bonchev–Trinajstić information content (AvgIpc) is 2.37. The van der Waals surface area contributed by atoms with Gasteiger partial charge in [0.15, 0.2) is 0 Å². The Labute approximate surface area is 77.2 Å². The highest BCUT2D eigenvalue weighted by atomic mass is 14.9. The number of hydrogen-bond donors (Lipinski definition) is 1. The Bertz CT molecular complexity index is 156. The van der Waals surface area contributed by atoms with Crippen molar-refractivity contribution in [2.24, 2.45) is 5.92 Å². The van der Waals surface area contributed by atoms with E-state index < -0.39 is 0 Å². The van der Waals surface area contributed by atoms with Gasteiger partial charge in [-0.25, -0.2) is 0 Å². The molecule has 1 nitrogen and oxygen atoms in total. The van der Waals surface area contributed by atoms with Gasteiger partial charge >= 0.3 is 0 Å². The minimum atomic E-state index is 0.639. The van der Waals surface area contributed by atoms with Crippen molar-refractivity contribution in [3.63, 3.8) is 0 Å². The van der Waals surface area contributed by atoms with Gasteiger partial charge in [0, 0.05) is 12.6 Å². The van der Waals surface area contributed by atoms with Crippen LogP contribution in [0.25, 0.3) is 0 Å². The van der Waals surface area contributed by atoms with Gasteiger partial charge in [0.25, 0.3) is 0 Å². The van der Waals surface area contributed by atoms with Crippen LogP contribution in [0.3, 0.4) is 0 Å². The highest BCUT2D eigenvalue weighted by Crippen LogP contribution is 2.20. The molecule has 0 bridgehead atoms. The van der Waals surface area contributed by atoms with Crippen molar-refractivity contribution in [3.05, 3.63) is 11.1 Å². The highest BCUT2D eigenvalue weighted by Gasteiger charge is 2.21. The summed E-state index contributed by atoms with van der Waals surface area (Å²) in [5, 5.41) is 3.48. The topological polar surface area (TPSA) is 12.0 Å². The van der Waals surface area contributed by atoms with Crippen molar-refractivity contribution in [2.45, 2.75) is 47.6 Å². The fourth-order valence-corrected chi connectivity index (χ4v) is 1.56. The second kappa shape index (κ2) is 5.36. The molecular weight excluding hydrogens is 146 g/mol. The molecule has 0 saturated heterocycles. The molecule has 1 heteroatoms. The fraction of sp³-hybridized carbons (Fsp3) is 0.818. The van der Waals surface area contributed by atoms with Gasteiger partial charge in [-0.1, -0.05) is 38.8 Å². The van der Waals surface area contributed by atoms with Gasteiger partial charge in [-0.3, -0.25) is 0 Å². The first kappa shape index (κ1) is 11.7.